The summed E-state index contributed by atoms with van der Waals surface area (Å²) in [7, 11) is 1.52. The number of methoxy groups -OCH3 is 1. The summed E-state index contributed by atoms with van der Waals surface area (Å²) in [5.74, 6) is -0.251. The molecule has 1 aromatic carbocycles. The fourth-order valence-corrected chi connectivity index (χ4v) is 2.36. The Balaban J connectivity index is 1.98. The molecule has 2 amide bonds. The molecule has 0 bridgehead atoms. The Labute approximate surface area is 135 Å². The Morgan fingerprint density at radius 2 is 2.13 bits per heavy atom. The molecule has 0 radical (unpaired) electrons. The number of amides is 2. The van der Waals surface area contributed by atoms with Crippen LogP contribution in [0.1, 0.15) is 16.8 Å². The van der Waals surface area contributed by atoms with Crippen LogP contribution in [0, 0.1) is 0 Å². The van der Waals surface area contributed by atoms with Gasteiger partial charge in [0, 0.05) is 38.0 Å². The number of anilines is 1. The van der Waals surface area contributed by atoms with Gasteiger partial charge < -0.3 is 25.4 Å². The van der Waals surface area contributed by atoms with Gasteiger partial charge in [-0.3, -0.25) is 9.59 Å². The summed E-state index contributed by atoms with van der Waals surface area (Å²) >= 11 is 0. The average Bonchev–Trinajstić information content (AvgIpc) is 2.60. The van der Waals surface area contributed by atoms with Gasteiger partial charge in [-0.05, 0) is 18.2 Å². The first-order valence-corrected chi connectivity index (χ1v) is 7.64. The minimum Gasteiger partial charge on any atom is -0.380 e. The van der Waals surface area contributed by atoms with E-state index in [1.165, 1.54) is 7.11 Å². The molecule has 7 heteroatoms. The molecule has 0 aliphatic carbocycles. The molecule has 1 unspecified atom stereocenters. The van der Waals surface area contributed by atoms with E-state index in [0.717, 1.165) is 0 Å². The smallest absolute Gasteiger partial charge is 0.254 e. The summed E-state index contributed by atoms with van der Waals surface area (Å²) in [6, 6.07) is 6.92. The van der Waals surface area contributed by atoms with Crippen LogP contribution in [-0.2, 0) is 14.3 Å². The van der Waals surface area contributed by atoms with Crippen molar-refractivity contribution in [1.29, 1.82) is 0 Å². The van der Waals surface area contributed by atoms with Crippen molar-refractivity contribution < 1.29 is 19.1 Å². The van der Waals surface area contributed by atoms with Crippen molar-refractivity contribution in [3.8, 4) is 0 Å². The Hall–Kier alpha value is -1.96. The lowest BCUT2D eigenvalue weighted by atomic mass is 10.1. The first-order chi connectivity index (χ1) is 11.1. The summed E-state index contributed by atoms with van der Waals surface area (Å²) in [5.41, 5.74) is 6.64. The molecular weight excluding hydrogens is 298 g/mol. The molecule has 0 saturated carbocycles. The number of rotatable bonds is 6. The van der Waals surface area contributed by atoms with E-state index >= 15 is 0 Å². The van der Waals surface area contributed by atoms with Gasteiger partial charge in [-0.1, -0.05) is 6.07 Å². The van der Waals surface area contributed by atoms with Gasteiger partial charge in [-0.15, -0.1) is 0 Å². The summed E-state index contributed by atoms with van der Waals surface area (Å²) in [6.45, 7) is 2.56. The van der Waals surface area contributed by atoms with Gasteiger partial charge in [0.25, 0.3) is 5.91 Å². The zero-order valence-corrected chi connectivity index (χ0v) is 13.3. The fraction of sp³-hybridized carbons (Fsp3) is 0.500. The highest BCUT2D eigenvalue weighted by Gasteiger charge is 2.19. The van der Waals surface area contributed by atoms with Crippen molar-refractivity contribution in [2.24, 2.45) is 5.73 Å². The van der Waals surface area contributed by atoms with Crippen LogP contribution in [0.3, 0.4) is 0 Å². The van der Waals surface area contributed by atoms with Gasteiger partial charge in [0.1, 0.15) is 0 Å². The Morgan fingerprint density at radius 1 is 1.39 bits per heavy atom. The number of carbonyl (C=O) groups is 2. The van der Waals surface area contributed by atoms with Gasteiger partial charge >= 0.3 is 0 Å². The van der Waals surface area contributed by atoms with Crippen LogP contribution in [0.5, 0.6) is 0 Å². The number of nitrogens with two attached hydrogens (primary N) is 1. The maximum absolute atomic E-state index is 12.4. The molecule has 1 fully saturated rings. The summed E-state index contributed by atoms with van der Waals surface area (Å²) in [5, 5.41) is 2.77. The number of carbonyl (C=O) groups excluding carboxylic acids is 2. The van der Waals surface area contributed by atoms with Crippen molar-refractivity contribution in [2.75, 3.05) is 45.3 Å². The van der Waals surface area contributed by atoms with Gasteiger partial charge in [-0.25, -0.2) is 0 Å². The molecule has 126 valence electrons. The quantitative estimate of drug-likeness (QED) is 0.794. The standard InChI is InChI=1S/C16H23N3O4/c1-22-14(11-17)10-15(20)18-13-4-2-3-12(9-13)16(21)19-5-7-23-8-6-19/h2-4,9,14H,5-8,10-11,17H2,1H3,(H,18,20). The number of ether oxygens (including phenoxy) is 2. The molecule has 7 nitrogen and oxygen atoms in total. The highest BCUT2D eigenvalue weighted by molar-refractivity contribution is 5.97. The summed E-state index contributed by atoms with van der Waals surface area (Å²) in [6.07, 6.45) is -0.137. The van der Waals surface area contributed by atoms with Crippen LogP contribution in [0.4, 0.5) is 5.69 Å². The topological polar surface area (TPSA) is 93.9 Å². The monoisotopic (exact) mass is 321 g/mol. The molecule has 2 rings (SSSR count). The molecule has 1 aromatic rings. The normalized spacial score (nSPS) is 16.0. The van der Waals surface area contributed by atoms with Gasteiger partial charge in [0.15, 0.2) is 0 Å². The van der Waals surface area contributed by atoms with E-state index in [0.29, 0.717) is 37.6 Å². The Bertz CT molecular complexity index is 540. The zero-order valence-electron chi connectivity index (χ0n) is 13.3. The Morgan fingerprint density at radius 3 is 2.78 bits per heavy atom. The molecule has 1 aliphatic rings. The lowest BCUT2D eigenvalue weighted by Crippen LogP contribution is -2.40. The second kappa shape index (κ2) is 8.61. The van der Waals surface area contributed by atoms with E-state index in [1.54, 1.807) is 29.2 Å². The van der Waals surface area contributed by atoms with Crippen LogP contribution in [0.2, 0.25) is 0 Å². The van der Waals surface area contributed by atoms with Crippen molar-refractivity contribution in [3.63, 3.8) is 0 Å². The third kappa shape index (κ3) is 5.02. The van der Waals surface area contributed by atoms with E-state index in [2.05, 4.69) is 5.32 Å². The predicted octanol–water partition coefficient (Wildman–Crippen LogP) is 0.461. The maximum atomic E-state index is 12.4. The van der Waals surface area contributed by atoms with E-state index in [-0.39, 0.29) is 30.9 Å². The molecule has 1 heterocycles. The lowest BCUT2D eigenvalue weighted by Gasteiger charge is -2.27. The highest BCUT2D eigenvalue weighted by Crippen LogP contribution is 2.14. The average molecular weight is 321 g/mol. The second-order valence-corrected chi connectivity index (χ2v) is 5.33. The molecule has 1 aliphatic heterocycles. The van der Waals surface area contributed by atoms with Crippen LogP contribution < -0.4 is 11.1 Å². The SMILES string of the molecule is COC(CN)CC(=O)Nc1cccc(C(=O)N2CCOCC2)c1. The molecule has 3 N–H and O–H groups in total. The minimum absolute atomic E-state index is 0.0545. The lowest BCUT2D eigenvalue weighted by molar-refractivity contribution is -0.118. The van der Waals surface area contributed by atoms with Crippen LogP contribution in [0.15, 0.2) is 24.3 Å². The number of hydrogen-bond donors (Lipinski definition) is 2. The number of nitrogens with zero attached hydrogens (tertiary/aromatic N) is 1. The zero-order chi connectivity index (χ0) is 16.7. The van der Waals surface area contributed by atoms with Crippen LogP contribution in [0.25, 0.3) is 0 Å². The molecular formula is C16H23N3O4. The molecule has 0 spiro atoms. The van der Waals surface area contributed by atoms with E-state index < -0.39 is 0 Å². The van der Waals surface area contributed by atoms with Crippen molar-refractivity contribution >= 4 is 17.5 Å². The number of benzene rings is 1. The summed E-state index contributed by atoms with van der Waals surface area (Å²) < 4.78 is 10.3. The van der Waals surface area contributed by atoms with Crippen LogP contribution in [-0.4, -0.2) is 62.8 Å². The van der Waals surface area contributed by atoms with Crippen molar-refractivity contribution in [3.05, 3.63) is 29.8 Å². The molecule has 1 atom stereocenters. The van der Waals surface area contributed by atoms with Gasteiger partial charge in [0.2, 0.25) is 5.91 Å². The molecule has 23 heavy (non-hydrogen) atoms. The molecule has 0 aromatic heterocycles. The van der Waals surface area contributed by atoms with Crippen LogP contribution >= 0.6 is 0 Å². The van der Waals surface area contributed by atoms with Gasteiger partial charge in [0.05, 0.1) is 25.7 Å². The third-order valence-electron chi connectivity index (χ3n) is 3.70. The Kier molecular flexibility index (Phi) is 6.52. The van der Waals surface area contributed by atoms with E-state index in [4.69, 9.17) is 15.2 Å². The first kappa shape index (κ1) is 17.4. The highest BCUT2D eigenvalue weighted by atomic mass is 16.5. The van der Waals surface area contributed by atoms with Crippen molar-refractivity contribution in [2.45, 2.75) is 12.5 Å². The van der Waals surface area contributed by atoms with Crippen molar-refractivity contribution in [1.82, 2.24) is 4.90 Å². The fourth-order valence-electron chi connectivity index (χ4n) is 2.36. The minimum atomic E-state index is -0.312. The number of nitrogens with one attached hydrogen (secondary N) is 1. The van der Waals surface area contributed by atoms with E-state index in [9.17, 15) is 9.59 Å². The molecule has 1 saturated heterocycles. The third-order valence-corrected chi connectivity index (χ3v) is 3.70. The maximum Gasteiger partial charge on any atom is 0.254 e. The first-order valence-electron chi connectivity index (χ1n) is 7.64. The predicted molar refractivity (Wildman–Crippen MR) is 86.3 cm³/mol. The largest absolute Gasteiger partial charge is 0.380 e. The number of morpholine rings is 1. The second-order valence-electron chi connectivity index (χ2n) is 5.33. The van der Waals surface area contributed by atoms with E-state index in [1.807, 2.05) is 0 Å². The van der Waals surface area contributed by atoms with Gasteiger partial charge in [-0.2, -0.15) is 0 Å². The summed E-state index contributed by atoms with van der Waals surface area (Å²) in [4.78, 5) is 26.1. The number of hydrogen-bond acceptors (Lipinski definition) is 5.